The van der Waals surface area contributed by atoms with Crippen LogP contribution in [0.1, 0.15) is 18.4 Å². The van der Waals surface area contributed by atoms with Crippen molar-refractivity contribution in [3.8, 4) is 5.88 Å². The van der Waals surface area contributed by atoms with Crippen LogP contribution in [0.4, 0.5) is 5.82 Å². The van der Waals surface area contributed by atoms with Gasteiger partial charge in [0.05, 0.1) is 12.0 Å². The van der Waals surface area contributed by atoms with Crippen LogP contribution in [-0.2, 0) is 6.54 Å². The molecule has 0 spiro atoms. The van der Waals surface area contributed by atoms with Gasteiger partial charge in [-0.3, -0.25) is 9.80 Å². The summed E-state index contributed by atoms with van der Waals surface area (Å²) >= 11 is 2.00. The van der Waals surface area contributed by atoms with E-state index in [-0.39, 0.29) is 0 Å². The molecule has 2 aromatic heterocycles. The molecule has 3 aliphatic heterocycles. The number of piperazine rings is 1. The van der Waals surface area contributed by atoms with Crippen molar-refractivity contribution in [1.82, 2.24) is 19.9 Å². The van der Waals surface area contributed by atoms with E-state index in [9.17, 15) is 0 Å². The van der Waals surface area contributed by atoms with Crippen LogP contribution >= 0.6 is 11.8 Å². The Hall–Kier alpha value is -2.29. The number of para-hydroxylation sites is 1. The third kappa shape index (κ3) is 4.69. The summed E-state index contributed by atoms with van der Waals surface area (Å²) in [5.74, 6) is 4.67. The lowest BCUT2D eigenvalue weighted by atomic mass is 9.91. The predicted octanol–water partition coefficient (Wildman–Crippen LogP) is 3.71. The molecule has 1 aromatic carbocycles. The van der Waals surface area contributed by atoms with E-state index in [0.29, 0.717) is 12.0 Å². The van der Waals surface area contributed by atoms with Crippen LogP contribution in [0.15, 0.2) is 47.1 Å². The molecule has 5 heterocycles. The molecular formula is C25H31N5O2S. The number of hydrogen-bond donors (Lipinski definition) is 0. The molecule has 0 N–H and O–H groups in total. The Labute approximate surface area is 199 Å². The number of ether oxygens (including phenoxy) is 1. The summed E-state index contributed by atoms with van der Waals surface area (Å²) in [5.41, 5.74) is 2.13. The first-order valence-electron chi connectivity index (χ1n) is 12.0. The Morgan fingerprint density at radius 2 is 2.03 bits per heavy atom. The van der Waals surface area contributed by atoms with Gasteiger partial charge in [-0.1, -0.05) is 23.4 Å². The van der Waals surface area contributed by atoms with E-state index < -0.39 is 0 Å². The van der Waals surface area contributed by atoms with E-state index in [1.807, 2.05) is 36.2 Å². The van der Waals surface area contributed by atoms with Crippen LogP contribution in [0, 0.1) is 5.92 Å². The lowest BCUT2D eigenvalue weighted by Gasteiger charge is -2.46. The maximum Gasteiger partial charge on any atom is 0.213 e. The molecule has 0 radical (unpaired) electrons. The zero-order chi connectivity index (χ0) is 22.0. The number of benzene rings is 1. The van der Waals surface area contributed by atoms with E-state index in [2.05, 4.69) is 43.0 Å². The molecular weight excluding hydrogens is 434 g/mol. The zero-order valence-corrected chi connectivity index (χ0v) is 19.8. The first-order chi connectivity index (χ1) is 16.3. The minimum absolute atomic E-state index is 0.559. The van der Waals surface area contributed by atoms with Gasteiger partial charge in [0, 0.05) is 75.1 Å². The van der Waals surface area contributed by atoms with Gasteiger partial charge >= 0.3 is 0 Å². The molecule has 0 unspecified atom stereocenters. The third-order valence-corrected chi connectivity index (χ3v) is 8.18. The quantitative estimate of drug-likeness (QED) is 0.546. The van der Waals surface area contributed by atoms with Crippen LogP contribution in [0.5, 0.6) is 5.88 Å². The summed E-state index contributed by atoms with van der Waals surface area (Å²) in [6, 6.07) is 12.9. The Balaban J connectivity index is 0.998. The molecule has 0 saturated carbocycles. The van der Waals surface area contributed by atoms with Crippen LogP contribution in [0.25, 0.3) is 11.0 Å². The molecule has 3 saturated heterocycles. The molecule has 2 atom stereocenters. The second kappa shape index (κ2) is 9.52. The number of pyridine rings is 1. The number of piperidine rings is 1. The maximum atomic E-state index is 6.09. The lowest BCUT2D eigenvalue weighted by molar-refractivity contribution is 0.0716. The molecule has 3 aliphatic rings. The predicted molar refractivity (Wildman–Crippen MR) is 132 cm³/mol. The van der Waals surface area contributed by atoms with E-state index in [4.69, 9.17) is 9.26 Å². The van der Waals surface area contributed by atoms with Gasteiger partial charge in [0.15, 0.2) is 11.4 Å². The summed E-state index contributed by atoms with van der Waals surface area (Å²) in [4.78, 5) is 12.1. The standard InChI is InChI=1S/C25H31N5O2S/c1-2-4-23-22(3-1)25(27-32-23)30-10-9-29-15-20(5-7-21(29)16-30)17-31-24-8-6-19(13-26-24)14-28-11-12-33-18-28/h1-4,6,8,13,20-21H,5,7,9-12,14-18H2/t20-,21+/m1/s1. The van der Waals surface area contributed by atoms with Gasteiger partial charge in [-0.25, -0.2) is 4.98 Å². The number of nitrogens with zero attached hydrogens (tertiary/aromatic N) is 5. The number of aromatic nitrogens is 2. The molecule has 0 aliphatic carbocycles. The summed E-state index contributed by atoms with van der Waals surface area (Å²) in [6.45, 7) is 7.07. The molecule has 7 nitrogen and oxygen atoms in total. The normalized spacial score (nSPS) is 24.3. The molecule has 3 fully saturated rings. The first-order valence-corrected chi connectivity index (χ1v) is 13.2. The fourth-order valence-electron chi connectivity index (χ4n) is 5.31. The van der Waals surface area contributed by atoms with Crippen molar-refractivity contribution in [1.29, 1.82) is 0 Å². The first kappa shape index (κ1) is 21.3. The van der Waals surface area contributed by atoms with Gasteiger partial charge in [0.25, 0.3) is 0 Å². The fourth-order valence-corrected chi connectivity index (χ4v) is 6.31. The summed E-state index contributed by atoms with van der Waals surface area (Å²) in [7, 11) is 0. The molecule has 0 amide bonds. The zero-order valence-electron chi connectivity index (χ0n) is 18.9. The van der Waals surface area contributed by atoms with Gasteiger partial charge in [0.1, 0.15) is 0 Å². The molecule has 3 aromatic rings. The number of anilines is 1. The van der Waals surface area contributed by atoms with Gasteiger partial charge in [0.2, 0.25) is 5.88 Å². The number of fused-ring (bicyclic) bond motifs is 2. The highest BCUT2D eigenvalue weighted by Crippen LogP contribution is 2.31. The molecule has 8 heteroatoms. The summed E-state index contributed by atoms with van der Waals surface area (Å²) in [6.07, 6.45) is 4.36. The monoisotopic (exact) mass is 465 g/mol. The second-order valence-corrected chi connectivity index (χ2v) is 10.5. The summed E-state index contributed by atoms with van der Waals surface area (Å²) in [5, 5.41) is 5.49. The van der Waals surface area contributed by atoms with Crippen molar-refractivity contribution in [3.05, 3.63) is 48.2 Å². The minimum atomic E-state index is 0.559. The van der Waals surface area contributed by atoms with Gasteiger partial charge in [-0.2, -0.15) is 0 Å². The van der Waals surface area contributed by atoms with Crippen LogP contribution < -0.4 is 9.64 Å². The minimum Gasteiger partial charge on any atom is -0.477 e. The van der Waals surface area contributed by atoms with Crippen LogP contribution in [-0.4, -0.2) is 76.9 Å². The largest absolute Gasteiger partial charge is 0.477 e. The van der Waals surface area contributed by atoms with Crippen molar-refractivity contribution < 1.29 is 9.26 Å². The van der Waals surface area contributed by atoms with Gasteiger partial charge in [-0.05, 0) is 30.5 Å². The van der Waals surface area contributed by atoms with Crippen molar-refractivity contribution >= 4 is 28.5 Å². The third-order valence-electron chi connectivity index (χ3n) is 7.16. The van der Waals surface area contributed by atoms with Crippen molar-refractivity contribution in [2.45, 2.75) is 25.4 Å². The molecule has 174 valence electrons. The van der Waals surface area contributed by atoms with E-state index >= 15 is 0 Å². The van der Waals surface area contributed by atoms with Crippen molar-refractivity contribution in [2.24, 2.45) is 5.92 Å². The number of thioether (sulfide) groups is 1. The highest BCUT2D eigenvalue weighted by atomic mass is 32.2. The Bertz CT molecular complexity index is 1070. The second-order valence-electron chi connectivity index (χ2n) is 9.45. The smallest absolute Gasteiger partial charge is 0.213 e. The van der Waals surface area contributed by atoms with Crippen LogP contribution in [0.2, 0.25) is 0 Å². The highest BCUT2D eigenvalue weighted by Gasteiger charge is 2.34. The fraction of sp³-hybridized carbons (Fsp3) is 0.520. The average Bonchev–Trinajstić information content (AvgIpc) is 3.53. The highest BCUT2D eigenvalue weighted by molar-refractivity contribution is 7.99. The van der Waals surface area contributed by atoms with Crippen LogP contribution in [0.3, 0.4) is 0 Å². The van der Waals surface area contributed by atoms with Gasteiger partial charge in [-0.15, -0.1) is 11.8 Å². The Morgan fingerprint density at radius 3 is 2.91 bits per heavy atom. The van der Waals surface area contributed by atoms with Crippen molar-refractivity contribution in [3.63, 3.8) is 0 Å². The average molecular weight is 466 g/mol. The molecule has 0 bridgehead atoms. The molecule has 6 rings (SSSR count). The summed E-state index contributed by atoms with van der Waals surface area (Å²) < 4.78 is 11.6. The van der Waals surface area contributed by atoms with E-state index in [1.54, 1.807) is 0 Å². The number of rotatable bonds is 6. The molecule has 33 heavy (non-hydrogen) atoms. The Kier molecular flexibility index (Phi) is 6.13. The number of hydrogen-bond acceptors (Lipinski definition) is 8. The van der Waals surface area contributed by atoms with E-state index in [1.165, 1.54) is 30.7 Å². The lowest BCUT2D eigenvalue weighted by Crippen LogP contribution is -2.57. The SMILES string of the molecule is c1ccc2c(N3CCN4C[C@H](COc5ccc(CN6CCSC6)cn5)CC[C@H]4C3)noc2c1. The maximum absolute atomic E-state index is 6.09. The topological polar surface area (TPSA) is 57.9 Å². The van der Waals surface area contributed by atoms with E-state index in [0.717, 1.165) is 67.9 Å². The van der Waals surface area contributed by atoms with Gasteiger partial charge < -0.3 is 14.2 Å². The van der Waals surface area contributed by atoms with Crippen molar-refractivity contribution in [2.75, 3.05) is 55.9 Å². The Morgan fingerprint density at radius 1 is 1.06 bits per heavy atom.